The third-order valence-corrected chi connectivity index (χ3v) is 5.38. The van der Waals surface area contributed by atoms with Gasteiger partial charge >= 0.3 is 0 Å². The number of rotatable bonds is 5. The quantitative estimate of drug-likeness (QED) is 0.254. The molecule has 2 aromatic rings. The van der Waals surface area contributed by atoms with Crippen LogP contribution >= 0.6 is 12.6 Å². The lowest BCUT2D eigenvalue weighted by molar-refractivity contribution is -0.120. The van der Waals surface area contributed by atoms with Crippen molar-refractivity contribution in [2.24, 2.45) is 5.73 Å². The molecule has 2 aromatic carbocycles. The van der Waals surface area contributed by atoms with Gasteiger partial charge in [-0.25, -0.2) is 8.78 Å². The molecule has 2 aliphatic rings. The zero-order valence-electron chi connectivity index (χ0n) is 16.2. The third kappa shape index (κ3) is 4.06. The fourth-order valence-electron chi connectivity index (χ4n) is 3.40. The zero-order valence-corrected chi connectivity index (χ0v) is 17.1. The van der Waals surface area contributed by atoms with Crippen molar-refractivity contribution in [2.45, 2.75) is 6.04 Å². The first-order valence-electron chi connectivity index (χ1n) is 9.47. The average molecular weight is 438 g/mol. The number of hydrogen-bond donors (Lipinski definition) is 3. The molecule has 0 bridgehead atoms. The maximum absolute atomic E-state index is 14.9. The molecule has 1 heterocycles. The highest BCUT2D eigenvalue weighted by atomic mass is 32.1. The van der Waals surface area contributed by atoms with E-state index in [2.05, 4.69) is 17.9 Å². The lowest BCUT2D eigenvalue weighted by atomic mass is 9.80. The minimum absolute atomic E-state index is 0.105. The monoisotopic (exact) mass is 438 g/mol. The summed E-state index contributed by atoms with van der Waals surface area (Å²) in [7, 11) is -0.105. The van der Waals surface area contributed by atoms with Gasteiger partial charge in [-0.05, 0) is 29.2 Å². The van der Waals surface area contributed by atoms with Crippen LogP contribution in [0.2, 0.25) is 0 Å². The molecule has 4 rings (SSSR count). The Labute approximate surface area is 182 Å². The molecule has 9 heteroatoms. The van der Waals surface area contributed by atoms with Crippen LogP contribution in [0.25, 0.3) is 33.4 Å². The molecule has 0 spiro atoms. The molecule has 0 radical (unpaired) electrons. The van der Waals surface area contributed by atoms with E-state index in [1.54, 1.807) is 12.1 Å². The second kappa shape index (κ2) is 8.53. The summed E-state index contributed by atoms with van der Waals surface area (Å²) in [5, 5.41) is 2.97. The first-order chi connectivity index (χ1) is 14.9. The van der Waals surface area contributed by atoms with Crippen molar-refractivity contribution in [1.82, 2.24) is 5.23 Å². The van der Waals surface area contributed by atoms with Crippen LogP contribution in [0.5, 0.6) is 0 Å². The molecule has 1 unspecified atom stereocenters. The van der Waals surface area contributed by atoms with E-state index in [1.807, 2.05) is 18.2 Å². The van der Waals surface area contributed by atoms with Gasteiger partial charge in [0.2, 0.25) is 11.3 Å². The summed E-state index contributed by atoms with van der Waals surface area (Å²) in [4.78, 5) is 23.8. The lowest BCUT2D eigenvalue weighted by Gasteiger charge is -2.16. The van der Waals surface area contributed by atoms with E-state index in [9.17, 15) is 18.4 Å². The lowest BCUT2D eigenvalue weighted by Crippen LogP contribution is -2.46. The molecule has 0 aromatic heterocycles. The van der Waals surface area contributed by atoms with E-state index in [0.29, 0.717) is 27.7 Å². The average Bonchev–Trinajstić information content (AvgIpc) is 2.77. The van der Waals surface area contributed by atoms with Gasteiger partial charge in [-0.1, -0.05) is 30.3 Å². The van der Waals surface area contributed by atoms with Gasteiger partial charge in [-0.2, -0.15) is 12.6 Å². The van der Waals surface area contributed by atoms with Gasteiger partial charge in [0.15, 0.2) is 5.82 Å². The van der Waals surface area contributed by atoms with Gasteiger partial charge in [0.1, 0.15) is 17.2 Å². The summed E-state index contributed by atoms with van der Waals surface area (Å²) in [6.07, 6.45) is 0. The number of fused-ring (bicyclic) bond motifs is 2. The van der Waals surface area contributed by atoms with Crippen LogP contribution in [-0.4, -0.2) is 25.1 Å². The van der Waals surface area contributed by atoms with Gasteiger partial charge in [0.25, 0.3) is 7.41 Å². The highest BCUT2D eigenvalue weighted by molar-refractivity contribution is 7.80. The van der Waals surface area contributed by atoms with Gasteiger partial charge < -0.3 is 15.4 Å². The van der Waals surface area contributed by atoms with Crippen molar-refractivity contribution >= 4 is 42.4 Å². The molecule has 1 atom stereocenters. The first-order valence-corrected chi connectivity index (χ1v) is 10.1. The van der Waals surface area contributed by atoms with Crippen LogP contribution in [0.3, 0.4) is 0 Å². The predicted octanol–water partition coefficient (Wildman–Crippen LogP) is 2.19. The normalized spacial score (nSPS) is 12.1. The molecule has 3 N–H and O–H groups in total. The maximum Gasteiger partial charge on any atom is 0.273 e. The number of halogens is 2. The number of nitrogens with two attached hydrogens (primary N) is 1. The van der Waals surface area contributed by atoms with E-state index in [0.717, 1.165) is 12.1 Å². The molecular formula is C22H17BF2N2O3S. The Kier molecular flexibility index (Phi) is 5.80. The number of carbonyl (C=O) groups is 1. The minimum atomic E-state index is -0.917. The van der Waals surface area contributed by atoms with Crippen molar-refractivity contribution in [3.8, 4) is 22.5 Å². The number of carbonyl (C=O) groups excluding carboxylic acids is 1. The molecule has 31 heavy (non-hydrogen) atoms. The van der Waals surface area contributed by atoms with Crippen molar-refractivity contribution < 1.29 is 18.0 Å². The first kappa shape index (κ1) is 21.1. The molecule has 156 valence electrons. The number of benzene rings is 3. The highest BCUT2D eigenvalue weighted by Gasteiger charge is 2.21. The minimum Gasteiger partial charge on any atom is -0.456 e. The Bertz CT molecular complexity index is 1310. The van der Waals surface area contributed by atoms with Crippen molar-refractivity contribution in [1.29, 1.82) is 0 Å². The largest absolute Gasteiger partial charge is 0.456 e. The van der Waals surface area contributed by atoms with Crippen molar-refractivity contribution in [3.63, 3.8) is 0 Å². The van der Waals surface area contributed by atoms with E-state index in [1.165, 1.54) is 12.1 Å². The van der Waals surface area contributed by atoms with Crippen LogP contribution < -0.4 is 21.9 Å². The third-order valence-electron chi connectivity index (χ3n) is 4.99. The maximum atomic E-state index is 14.9. The molecule has 1 aliphatic heterocycles. The summed E-state index contributed by atoms with van der Waals surface area (Å²) >= 11 is 3.97. The Morgan fingerprint density at radius 3 is 2.58 bits per heavy atom. The van der Waals surface area contributed by atoms with E-state index in [4.69, 9.17) is 10.2 Å². The standard InChI is InChI=1S/C22H17BF2N2O3S/c24-15-6-12-19(8-14(15)23-27-22(29)17(26)10-31)30-20-9-18(28)16(25)7-13(20)21(12)11-4-2-1-3-5-11/h1-9,17,23,31H,10,26H2,(H,27,29). The Hall–Kier alpha value is -3.17. The molecule has 1 amide bonds. The zero-order chi connectivity index (χ0) is 22.1. The van der Waals surface area contributed by atoms with Crippen LogP contribution in [0.15, 0.2) is 63.8 Å². The Morgan fingerprint density at radius 1 is 1.13 bits per heavy atom. The van der Waals surface area contributed by atoms with Gasteiger partial charge in [0.05, 0.1) is 6.04 Å². The van der Waals surface area contributed by atoms with E-state index < -0.39 is 29.0 Å². The number of nitrogens with one attached hydrogen (secondary N) is 1. The topological polar surface area (TPSA) is 85.3 Å². The van der Waals surface area contributed by atoms with Gasteiger partial charge in [-0.3, -0.25) is 9.59 Å². The molecular weight excluding hydrogens is 421 g/mol. The number of amides is 1. The summed E-state index contributed by atoms with van der Waals surface area (Å²) in [6, 6.07) is 13.2. The van der Waals surface area contributed by atoms with Gasteiger partial charge in [0, 0.05) is 28.3 Å². The summed E-state index contributed by atoms with van der Waals surface area (Å²) in [5.41, 5.74) is 6.91. The number of thiol groups is 1. The predicted molar refractivity (Wildman–Crippen MR) is 121 cm³/mol. The second-order valence-electron chi connectivity index (χ2n) is 7.07. The summed E-state index contributed by atoms with van der Waals surface area (Å²) in [5.74, 6) is -1.61. The Balaban J connectivity index is 1.91. The van der Waals surface area contributed by atoms with Crippen LogP contribution in [0, 0.1) is 11.6 Å². The molecule has 0 saturated carbocycles. The van der Waals surface area contributed by atoms with E-state index >= 15 is 0 Å². The fourth-order valence-corrected chi connectivity index (χ4v) is 3.57. The van der Waals surface area contributed by atoms with Gasteiger partial charge in [-0.15, -0.1) is 0 Å². The fraction of sp³-hybridized carbons (Fsp3) is 0.0909. The van der Waals surface area contributed by atoms with Crippen molar-refractivity contribution in [3.05, 3.63) is 76.5 Å². The van der Waals surface area contributed by atoms with Crippen molar-refractivity contribution in [2.75, 3.05) is 5.75 Å². The molecule has 5 nitrogen and oxygen atoms in total. The van der Waals surface area contributed by atoms with Crippen LogP contribution in [-0.2, 0) is 4.79 Å². The molecule has 1 aliphatic carbocycles. The summed E-state index contributed by atoms with van der Waals surface area (Å²) < 4.78 is 34.8. The molecule has 0 fully saturated rings. The number of hydrogen-bond acceptors (Lipinski definition) is 5. The molecule has 0 saturated heterocycles. The summed E-state index contributed by atoms with van der Waals surface area (Å²) in [6.45, 7) is 0. The van der Waals surface area contributed by atoms with Crippen LogP contribution in [0.4, 0.5) is 8.78 Å². The smallest absolute Gasteiger partial charge is 0.273 e. The second-order valence-corrected chi connectivity index (χ2v) is 7.43. The highest BCUT2D eigenvalue weighted by Crippen LogP contribution is 2.39. The van der Waals surface area contributed by atoms with Crippen LogP contribution in [0.1, 0.15) is 0 Å². The Morgan fingerprint density at radius 2 is 1.87 bits per heavy atom. The van der Waals surface area contributed by atoms with E-state index in [-0.39, 0.29) is 24.4 Å². The SMILES string of the molecule is NC(CS)C(=O)NBc1cc2oc3cc(=O)c(F)cc-3c(-c3ccccc3)c2cc1F.